The van der Waals surface area contributed by atoms with Crippen LogP contribution in [0.25, 0.3) is 74.7 Å². The van der Waals surface area contributed by atoms with Crippen LogP contribution in [0, 0.1) is 0 Å². The van der Waals surface area contributed by atoms with Crippen molar-refractivity contribution in [3.63, 3.8) is 0 Å². The summed E-state index contributed by atoms with van der Waals surface area (Å²) in [6.07, 6.45) is 0. The van der Waals surface area contributed by atoms with Crippen LogP contribution in [0.2, 0.25) is 0 Å². The van der Waals surface area contributed by atoms with Crippen molar-refractivity contribution in [1.82, 2.24) is 0 Å². The van der Waals surface area contributed by atoms with Crippen LogP contribution in [0.15, 0.2) is 188 Å². The summed E-state index contributed by atoms with van der Waals surface area (Å²) in [6.45, 7) is 0. The molecule has 9 aromatic carbocycles. The van der Waals surface area contributed by atoms with Gasteiger partial charge in [0.15, 0.2) is 0 Å². The first-order valence-corrected chi connectivity index (χ1v) is 17.9. The van der Waals surface area contributed by atoms with E-state index >= 15 is 0 Å². The SMILES string of the molecule is c1cc(-c2ccc(N(c3ccc4c(c3)sc3ccccc34)c3cc4ccccc4c4ccccc34)cc2)cc(-c2cccc3ccccc23)c1. The van der Waals surface area contributed by atoms with E-state index in [0.717, 1.165) is 11.4 Å². The lowest BCUT2D eigenvalue weighted by Gasteiger charge is -2.28. The molecule has 0 radical (unpaired) electrons. The molecule has 1 aromatic heterocycles. The third-order valence-corrected chi connectivity index (χ3v) is 11.2. The molecule has 0 amide bonds. The predicted octanol–water partition coefficient (Wildman–Crippen LogP) is 14.3. The Balaban J connectivity index is 1.13. The molecular weight excluding hydrogens is 623 g/mol. The van der Waals surface area contributed by atoms with E-state index < -0.39 is 0 Å². The summed E-state index contributed by atoms with van der Waals surface area (Å²) in [5.74, 6) is 0. The zero-order chi connectivity index (χ0) is 33.0. The number of hydrogen-bond acceptors (Lipinski definition) is 2. The Hall–Kier alpha value is -6.22. The molecule has 0 unspecified atom stereocenters. The Bertz CT molecular complexity index is 2870. The van der Waals surface area contributed by atoms with Gasteiger partial charge in [0, 0.05) is 36.9 Å². The summed E-state index contributed by atoms with van der Waals surface area (Å²) in [7, 11) is 0. The second-order valence-electron chi connectivity index (χ2n) is 12.9. The van der Waals surface area contributed by atoms with E-state index in [0.29, 0.717) is 0 Å². The normalized spacial score (nSPS) is 11.6. The first-order valence-electron chi connectivity index (χ1n) is 17.1. The van der Waals surface area contributed by atoms with Gasteiger partial charge in [-0.15, -0.1) is 11.3 Å². The highest BCUT2D eigenvalue weighted by atomic mass is 32.1. The number of rotatable bonds is 5. The van der Waals surface area contributed by atoms with Gasteiger partial charge in [-0.05, 0) is 91.6 Å². The van der Waals surface area contributed by atoms with Gasteiger partial charge in [-0.1, -0.05) is 146 Å². The van der Waals surface area contributed by atoms with E-state index in [4.69, 9.17) is 0 Å². The number of nitrogens with zero attached hydrogens (tertiary/aromatic N) is 1. The molecule has 0 saturated carbocycles. The van der Waals surface area contributed by atoms with Crippen molar-refractivity contribution in [2.75, 3.05) is 4.90 Å². The average Bonchev–Trinajstić information content (AvgIpc) is 3.56. The first-order chi connectivity index (χ1) is 24.8. The van der Waals surface area contributed by atoms with Gasteiger partial charge in [0.2, 0.25) is 0 Å². The number of anilines is 3. The summed E-state index contributed by atoms with van der Waals surface area (Å²) in [4.78, 5) is 2.44. The largest absolute Gasteiger partial charge is 0.310 e. The molecule has 0 fully saturated rings. The topological polar surface area (TPSA) is 3.24 Å². The quantitative estimate of drug-likeness (QED) is 0.167. The molecule has 0 saturated heterocycles. The smallest absolute Gasteiger partial charge is 0.0546 e. The third kappa shape index (κ3) is 4.76. The minimum Gasteiger partial charge on any atom is -0.310 e. The van der Waals surface area contributed by atoms with Gasteiger partial charge < -0.3 is 4.90 Å². The lowest BCUT2D eigenvalue weighted by molar-refractivity contribution is 1.31. The van der Waals surface area contributed by atoms with E-state index in [1.165, 1.54) is 80.4 Å². The van der Waals surface area contributed by atoms with Gasteiger partial charge in [0.05, 0.1) is 5.69 Å². The molecule has 1 heterocycles. The fraction of sp³-hybridized carbons (Fsp3) is 0. The van der Waals surface area contributed by atoms with E-state index in [9.17, 15) is 0 Å². The van der Waals surface area contributed by atoms with Gasteiger partial charge in [0.1, 0.15) is 0 Å². The van der Waals surface area contributed by atoms with Crippen molar-refractivity contribution in [1.29, 1.82) is 0 Å². The highest BCUT2D eigenvalue weighted by Gasteiger charge is 2.19. The molecule has 10 aromatic rings. The average molecular weight is 654 g/mol. The van der Waals surface area contributed by atoms with Crippen molar-refractivity contribution in [2.24, 2.45) is 0 Å². The van der Waals surface area contributed by atoms with Crippen LogP contribution in [0.4, 0.5) is 17.1 Å². The van der Waals surface area contributed by atoms with Crippen molar-refractivity contribution in [3.8, 4) is 22.3 Å². The maximum Gasteiger partial charge on any atom is 0.0546 e. The molecule has 0 aliphatic rings. The van der Waals surface area contributed by atoms with Gasteiger partial charge in [-0.3, -0.25) is 0 Å². The Morgan fingerprint density at radius 1 is 0.320 bits per heavy atom. The molecule has 2 heteroatoms. The summed E-state index contributed by atoms with van der Waals surface area (Å²) < 4.78 is 2.61. The van der Waals surface area contributed by atoms with Crippen molar-refractivity contribution in [2.45, 2.75) is 0 Å². The highest BCUT2D eigenvalue weighted by molar-refractivity contribution is 7.25. The van der Waals surface area contributed by atoms with Crippen LogP contribution >= 0.6 is 11.3 Å². The fourth-order valence-electron chi connectivity index (χ4n) is 7.65. The van der Waals surface area contributed by atoms with Gasteiger partial charge in [-0.2, -0.15) is 0 Å². The Labute approximate surface area is 294 Å². The minimum absolute atomic E-state index is 1.12. The summed E-state index contributed by atoms with van der Waals surface area (Å²) in [5, 5.41) is 10.1. The minimum atomic E-state index is 1.12. The standard InChI is InChI=1S/C48H31NS/c1-3-16-39-33(11-1)13-10-21-40(39)35-15-9-14-34(29-35)32-23-25-37(26-24-32)49(38-27-28-45-44-20-7-8-22-47(44)50-48(45)31-38)46-30-36-12-2-4-17-41(36)42-18-5-6-19-43(42)46/h1-31H. The number of thiophene rings is 1. The Morgan fingerprint density at radius 3 is 1.80 bits per heavy atom. The zero-order valence-corrected chi connectivity index (χ0v) is 28.1. The molecule has 50 heavy (non-hydrogen) atoms. The summed E-state index contributed by atoms with van der Waals surface area (Å²) >= 11 is 1.86. The molecule has 10 rings (SSSR count). The number of benzene rings is 9. The van der Waals surface area contributed by atoms with Crippen LogP contribution in [0.1, 0.15) is 0 Å². The Kier molecular flexibility index (Phi) is 6.75. The monoisotopic (exact) mass is 653 g/mol. The van der Waals surface area contributed by atoms with Crippen LogP contribution in [-0.4, -0.2) is 0 Å². The molecular formula is C48H31NS. The van der Waals surface area contributed by atoms with Gasteiger partial charge >= 0.3 is 0 Å². The highest BCUT2D eigenvalue weighted by Crippen LogP contribution is 2.45. The molecule has 0 N–H and O–H groups in total. The third-order valence-electron chi connectivity index (χ3n) is 10.0. The van der Waals surface area contributed by atoms with Gasteiger partial charge in [0.25, 0.3) is 0 Å². The second-order valence-corrected chi connectivity index (χ2v) is 14.0. The lowest BCUT2D eigenvalue weighted by Crippen LogP contribution is -2.10. The maximum absolute atomic E-state index is 2.44. The summed E-state index contributed by atoms with van der Waals surface area (Å²) in [5.41, 5.74) is 8.33. The zero-order valence-electron chi connectivity index (χ0n) is 27.3. The van der Waals surface area contributed by atoms with Crippen molar-refractivity contribution >= 4 is 80.9 Å². The fourth-order valence-corrected chi connectivity index (χ4v) is 8.79. The van der Waals surface area contributed by atoms with Crippen molar-refractivity contribution in [3.05, 3.63) is 188 Å². The number of fused-ring (bicyclic) bond motifs is 7. The number of hydrogen-bond donors (Lipinski definition) is 0. The van der Waals surface area contributed by atoms with E-state index in [2.05, 4.69) is 193 Å². The van der Waals surface area contributed by atoms with Crippen LogP contribution in [-0.2, 0) is 0 Å². The molecule has 0 bridgehead atoms. The van der Waals surface area contributed by atoms with E-state index in [-0.39, 0.29) is 0 Å². The summed E-state index contributed by atoms with van der Waals surface area (Å²) in [6, 6.07) is 68.8. The molecule has 0 aliphatic heterocycles. The van der Waals surface area contributed by atoms with Gasteiger partial charge in [-0.25, -0.2) is 0 Å². The van der Waals surface area contributed by atoms with E-state index in [1.54, 1.807) is 0 Å². The molecule has 234 valence electrons. The first kappa shape index (κ1) is 28.8. The van der Waals surface area contributed by atoms with Crippen LogP contribution < -0.4 is 4.90 Å². The Morgan fingerprint density at radius 2 is 0.940 bits per heavy atom. The molecule has 0 atom stereocenters. The molecule has 0 spiro atoms. The second kappa shape index (κ2) is 11.7. The maximum atomic E-state index is 2.44. The molecule has 0 aliphatic carbocycles. The van der Waals surface area contributed by atoms with Crippen molar-refractivity contribution < 1.29 is 0 Å². The van der Waals surface area contributed by atoms with Crippen LogP contribution in [0.5, 0.6) is 0 Å². The predicted molar refractivity (Wildman–Crippen MR) is 217 cm³/mol. The van der Waals surface area contributed by atoms with E-state index in [1.807, 2.05) is 11.3 Å². The lowest BCUT2D eigenvalue weighted by atomic mass is 9.95. The van der Waals surface area contributed by atoms with Crippen LogP contribution in [0.3, 0.4) is 0 Å². The molecule has 1 nitrogen and oxygen atoms in total.